The van der Waals surface area contributed by atoms with Crippen LogP contribution in [0.4, 0.5) is 0 Å². The first-order valence-corrected chi connectivity index (χ1v) is 6.91. The summed E-state index contributed by atoms with van der Waals surface area (Å²) in [5.74, 6) is 0.637. The third kappa shape index (κ3) is 4.17. The molecule has 1 aromatic rings. The second-order valence-corrected chi connectivity index (χ2v) is 5.21. The lowest BCUT2D eigenvalue weighted by molar-refractivity contribution is 0.0792. The molecule has 0 N–H and O–H groups in total. The molecule has 0 saturated heterocycles. The summed E-state index contributed by atoms with van der Waals surface area (Å²) in [5.41, 5.74) is 2.07. The standard InChI is InChI=1S/C16H25NO/c1-5-6-7-12-17(4)16(18)15-10-8-14(9-11-15)13(2)3/h8-11,13H,5-7,12H2,1-4H3. The van der Waals surface area contributed by atoms with E-state index in [0.717, 1.165) is 18.5 Å². The van der Waals surface area contributed by atoms with E-state index in [1.807, 2.05) is 24.1 Å². The van der Waals surface area contributed by atoms with Crippen LogP contribution in [0.2, 0.25) is 0 Å². The molecule has 0 spiro atoms. The molecular weight excluding hydrogens is 222 g/mol. The summed E-state index contributed by atoms with van der Waals surface area (Å²) in [4.78, 5) is 14.0. The van der Waals surface area contributed by atoms with Crippen molar-refractivity contribution in [3.63, 3.8) is 0 Å². The molecule has 0 saturated carbocycles. The van der Waals surface area contributed by atoms with Crippen molar-refractivity contribution in [3.05, 3.63) is 35.4 Å². The summed E-state index contributed by atoms with van der Waals surface area (Å²) in [6.45, 7) is 7.34. The predicted octanol–water partition coefficient (Wildman–Crippen LogP) is 4.07. The number of unbranched alkanes of at least 4 members (excludes halogenated alkanes) is 2. The molecule has 18 heavy (non-hydrogen) atoms. The lowest BCUT2D eigenvalue weighted by atomic mass is 10.0. The van der Waals surface area contributed by atoms with Crippen molar-refractivity contribution < 1.29 is 4.79 Å². The van der Waals surface area contributed by atoms with Crippen molar-refractivity contribution in [2.24, 2.45) is 0 Å². The fourth-order valence-electron chi connectivity index (χ4n) is 1.93. The van der Waals surface area contributed by atoms with Gasteiger partial charge in [0, 0.05) is 19.2 Å². The van der Waals surface area contributed by atoms with Crippen molar-refractivity contribution in [2.75, 3.05) is 13.6 Å². The first-order valence-electron chi connectivity index (χ1n) is 6.91. The average molecular weight is 247 g/mol. The van der Waals surface area contributed by atoms with E-state index in [2.05, 4.69) is 32.9 Å². The summed E-state index contributed by atoms with van der Waals surface area (Å²) in [6, 6.07) is 7.98. The number of hydrogen-bond donors (Lipinski definition) is 0. The van der Waals surface area contributed by atoms with Crippen LogP contribution in [0.3, 0.4) is 0 Å². The number of carbonyl (C=O) groups is 1. The van der Waals surface area contributed by atoms with Crippen molar-refractivity contribution in [2.45, 2.75) is 46.0 Å². The van der Waals surface area contributed by atoms with Gasteiger partial charge in [-0.2, -0.15) is 0 Å². The molecule has 1 aromatic carbocycles. The van der Waals surface area contributed by atoms with Crippen LogP contribution in [0.5, 0.6) is 0 Å². The highest BCUT2D eigenvalue weighted by molar-refractivity contribution is 5.94. The van der Waals surface area contributed by atoms with E-state index < -0.39 is 0 Å². The fraction of sp³-hybridized carbons (Fsp3) is 0.562. The Kier molecular flexibility index (Phi) is 5.90. The van der Waals surface area contributed by atoms with Gasteiger partial charge >= 0.3 is 0 Å². The minimum atomic E-state index is 0.126. The SMILES string of the molecule is CCCCCN(C)C(=O)c1ccc(C(C)C)cc1. The number of carbonyl (C=O) groups excluding carboxylic acids is 1. The summed E-state index contributed by atoms with van der Waals surface area (Å²) in [6.07, 6.45) is 3.46. The second-order valence-electron chi connectivity index (χ2n) is 5.21. The van der Waals surface area contributed by atoms with Gasteiger partial charge in [0.25, 0.3) is 5.91 Å². The third-order valence-corrected chi connectivity index (χ3v) is 3.27. The Morgan fingerprint density at radius 3 is 2.28 bits per heavy atom. The molecule has 0 unspecified atom stereocenters. The van der Waals surface area contributed by atoms with Gasteiger partial charge in [-0.25, -0.2) is 0 Å². The van der Waals surface area contributed by atoms with E-state index in [9.17, 15) is 4.79 Å². The number of benzene rings is 1. The third-order valence-electron chi connectivity index (χ3n) is 3.27. The first-order chi connectivity index (χ1) is 8.56. The highest BCUT2D eigenvalue weighted by Crippen LogP contribution is 2.15. The van der Waals surface area contributed by atoms with E-state index in [-0.39, 0.29) is 5.91 Å². The Balaban J connectivity index is 2.60. The monoisotopic (exact) mass is 247 g/mol. The maximum absolute atomic E-state index is 12.1. The summed E-state index contributed by atoms with van der Waals surface area (Å²) < 4.78 is 0. The number of rotatable bonds is 6. The van der Waals surface area contributed by atoms with Gasteiger partial charge in [0.15, 0.2) is 0 Å². The largest absolute Gasteiger partial charge is 0.342 e. The van der Waals surface area contributed by atoms with Crippen molar-refractivity contribution in [3.8, 4) is 0 Å². The van der Waals surface area contributed by atoms with Gasteiger partial charge in [-0.05, 0) is 30.0 Å². The highest BCUT2D eigenvalue weighted by Gasteiger charge is 2.11. The minimum Gasteiger partial charge on any atom is -0.342 e. The lowest BCUT2D eigenvalue weighted by Crippen LogP contribution is -2.27. The van der Waals surface area contributed by atoms with Crippen LogP contribution >= 0.6 is 0 Å². The zero-order valence-corrected chi connectivity index (χ0v) is 12.1. The van der Waals surface area contributed by atoms with E-state index in [1.54, 1.807) is 0 Å². The number of nitrogens with zero attached hydrogens (tertiary/aromatic N) is 1. The lowest BCUT2D eigenvalue weighted by Gasteiger charge is -2.17. The molecule has 0 radical (unpaired) electrons. The first kappa shape index (κ1) is 14.7. The molecule has 0 bridgehead atoms. The topological polar surface area (TPSA) is 20.3 Å². The summed E-state index contributed by atoms with van der Waals surface area (Å²) in [7, 11) is 1.88. The van der Waals surface area contributed by atoms with Crippen LogP contribution in [-0.2, 0) is 0 Å². The van der Waals surface area contributed by atoms with E-state index in [0.29, 0.717) is 5.92 Å². The summed E-state index contributed by atoms with van der Waals surface area (Å²) in [5, 5.41) is 0. The van der Waals surface area contributed by atoms with Crippen molar-refractivity contribution in [1.82, 2.24) is 4.90 Å². The highest BCUT2D eigenvalue weighted by atomic mass is 16.2. The molecule has 0 aromatic heterocycles. The van der Waals surface area contributed by atoms with Crippen LogP contribution < -0.4 is 0 Å². The molecule has 0 aliphatic rings. The normalized spacial score (nSPS) is 10.7. The number of hydrogen-bond acceptors (Lipinski definition) is 1. The predicted molar refractivity (Wildman–Crippen MR) is 77.0 cm³/mol. The van der Waals surface area contributed by atoms with Crippen LogP contribution in [0.25, 0.3) is 0 Å². The molecule has 0 atom stereocenters. The van der Waals surface area contributed by atoms with Gasteiger partial charge in [0.05, 0.1) is 0 Å². The molecule has 1 rings (SSSR count). The maximum Gasteiger partial charge on any atom is 0.253 e. The van der Waals surface area contributed by atoms with Gasteiger partial charge in [-0.3, -0.25) is 4.79 Å². The second kappa shape index (κ2) is 7.20. The van der Waals surface area contributed by atoms with Crippen LogP contribution in [-0.4, -0.2) is 24.4 Å². The van der Waals surface area contributed by atoms with Gasteiger partial charge in [0.1, 0.15) is 0 Å². The average Bonchev–Trinajstić information content (AvgIpc) is 2.38. The Morgan fingerprint density at radius 1 is 1.17 bits per heavy atom. The van der Waals surface area contributed by atoms with Crippen molar-refractivity contribution in [1.29, 1.82) is 0 Å². The molecule has 0 heterocycles. The van der Waals surface area contributed by atoms with Crippen LogP contribution in [0.15, 0.2) is 24.3 Å². The molecule has 2 heteroatoms. The molecule has 100 valence electrons. The molecular formula is C16H25NO. The maximum atomic E-state index is 12.1. The Bertz CT molecular complexity index is 367. The quantitative estimate of drug-likeness (QED) is 0.694. The van der Waals surface area contributed by atoms with Gasteiger partial charge in [-0.15, -0.1) is 0 Å². The van der Waals surface area contributed by atoms with E-state index in [4.69, 9.17) is 0 Å². The Morgan fingerprint density at radius 2 is 1.78 bits per heavy atom. The fourth-order valence-corrected chi connectivity index (χ4v) is 1.93. The van der Waals surface area contributed by atoms with Gasteiger partial charge in [-0.1, -0.05) is 45.7 Å². The zero-order chi connectivity index (χ0) is 13.5. The minimum absolute atomic E-state index is 0.126. The zero-order valence-electron chi connectivity index (χ0n) is 12.1. The van der Waals surface area contributed by atoms with Crippen LogP contribution in [0, 0.1) is 0 Å². The van der Waals surface area contributed by atoms with E-state index in [1.165, 1.54) is 18.4 Å². The van der Waals surface area contributed by atoms with Gasteiger partial charge < -0.3 is 4.90 Å². The molecule has 0 fully saturated rings. The Labute approximate surface area is 111 Å². The molecule has 0 aliphatic heterocycles. The van der Waals surface area contributed by atoms with Crippen LogP contribution in [0.1, 0.15) is 61.9 Å². The molecule has 1 amide bonds. The number of amides is 1. The molecule has 0 aliphatic carbocycles. The smallest absolute Gasteiger partial charge is 0.253 e. The van der Waals surface area contributed by atoms with E-state index >= 15 is 0 Å². The summed E-state index contributed by atoms with van der Waals surface area (Å²) >= 11 is 0. The molecule has 2 nitrogen and oxygen atoms in total. The van der Waals surface area contributed by atoms with Gasteiger partial charge in [0.2, 0.25) is 0 Å². The Hall–Kier alpha value is -1.31. The van der Waals surface area contributed by atoms with Crippen molar-refractivity contribution >= 4 is 5.91 Å².